The van der Waals surface area contributed by atoms with E-state index in [-0.39, 0.29) is 6.42 Å². The van der Waals surface area contributed by atoms with Crippen molar-refractivity contribution in [3.8, 4) is 6.07 Å². The van der Waals surface area contributed by atoms with Crippen LogP contribution in [-0.4, -0.2) is 11.1 Å². The second kappa shape index (κ2) is 5.66. The number of nitrogens with zero attached hydrogens (tertiary/aromatic N) is 1. The average Bonchev–Trinajstić information content (AvgIpc) is 2.27. The fraction of sp³-hybridized carbons (Fsp3) is 0.333. The maximum Gasteiger partial charge on any atom is 0.307 e. The van der Waals surface area contributed by atoms with E-state index in [1.54, 1.807) is 12.1 Å². The molecule has 0 amide bonds. The van der Waals surface area contributed by atoms with E-state index >= 15 is 0 Å². The zero-order valence-corrected chi connectivity index (χ0v) is 10.5. The second-order valence-electron chi connectivity index (χ2n) is 3.40. The Kier molecular flexibility index (Phi) is 4.51. The Morgan fingerprint density at radius 2 is 2.19 bits per heavy atom. The summed E-state index contributed by atoms with van der Waals surface area (Å²) in [4.78, 5) is 10.7. The van der Waals surface area contributed by atoms with E-state index in [2.05, 4.69) is 22.0 Å². The van der Waals surface area contributed by atoms with Crippen LogP contribution in [0.1, 0.15) is 29.2 Å². The molecular formula is C12H12BrNO2. The molecule has 0 aromatic heterocycles. The minimum absolute atomic E-state index is 0.00881. The molecule has 0 aliphatic heterocycles. The van der Waals surface area contributed by atoms with Crippen molar-refractivity contribution in [1.29, 1.82) is 5.26 Å². The molecule has 84 valence electrons. The topological polar surface area (TPSA) is 61.1 Å². The third kappa shape index (κ3) is 2.61. The molecule has 16 heavy (non-hydrogen) atoms. The Hall–Kier alpha value is -1.34. The van der Waals surface area contributed by atoms with Gasteiger partial charge in [-0.15, -0.1) is 0 Å². The molecule has 1 rings (SSSR count). The number of aliphatic carboxylic acids is 1. The van der Waals surface area contributed by atoms with E-state index in [0.29, 0.717) is 10.9 Å². The molecule has 0 aliphatic carbocycles. The summed E-state index contributed by atoms with van der Waals surface area (Å²) >= 11 is 3.34. The lowest BCUT2D eigenvalue weighted by Crippen LogP contribution is -2.06. The molecule has 1 aromatic carbocycles. The molecule has 0 heterocycles. The van der Waals surface area contributed by atoms with Gasteiger partial charge in [-0.2, -0.15) is 5.26 Å². The summed E-state index contributed by atoms with van der Waals surface area (Å²) in [5.74, 6) is -0.847. The molecule has 0 spiro atoms. The van der Waals surface area contributed by atoms with Gasteiger partial charge in [0.15, 0.2) is 0 Å². The van der Waals surface area contributed by atoms with Crippen molar-refractivity contribution >= 4 is 21.9 Å². The Balaban J connectivity index is 3.32. The largest absolute Gasteiger partial charge is 0.481 e. The number of hydrogen-bond donors (Lipinski definition) is 1. The van der Waals surface area contributed by atoms with Crippen molar-refractivity contribution in [3.05, 3.63) is 34.4 Å². The minimum atomic E-state index is -0.847. The number of nitriles is 1. The fourth-order valence-corrected chi connectivity index (χ4v) is 2.41. The summed E-state index contributed by atoms with van der Waals surface area (Å²) in [5, 5.41) is 18.3. The number of hydrogen-bond acceptors (Lipinski definition) is 2. The van der Waals surface area contributed by atoms with Crippen molar-refractivity contribution in [3.63, 3.8) is 0 Å². The maximum atomic E-state index is 10.7. The highest BCUT2D eigenvalue weighted by atomic mass is 79.9. The smallest absolute Gasteiger partial charge is 0.307 e. The van der Waals surface area contributed by atoms with Gasteiger partial charge in [0.1, 0.15) is 0 Å². The highest BCUT2D eigenvalue weighted by Gasteiger charge is 2.12. The van der Waals surface area contributed by atoms with Gasteiger partial charge in [0.2, 0.25) is 0 Å². The number of alkyl halides is 1. The van der Waals surface area contributed by atoms with Crippen molar-refractivity contribution in [2.45, 2.75) is 25.1 Å². The van der Waals surface area contributed by atoms with E-state index < -0.39 is 5.97 Å². The van der Waals surface area contributed by atoms with Crippen LogP contribution in [0.5, 0.6) is 0 Å². The second-order valence-corrected chi connectivity index (χ2v) is 3.96. The predicted octanol–water partition coefficient (Wildman–Crippen LogP) is 2.64. The summed E-state index contributed by atoms with van der Waals surface area (Å²) < 4.78 is 0. The number of rotatable bonds is 4. The van der Waals surface area contributed by atoms with Crippen LogP contribution in [0.3, 0.4) is 0 Å². The number of carbonyl (C=O) groups is 1. The lowest BCUT2D eigenvalue weighted by atomic mass is 9.94. The first-order chi connectivity index (χ1) is 7.63. The summed E-state index contributed by atoms with van der Waals surface area (Å²) in [6.45, 7) is 1.97. The lowest BCUT2D eigenvalue weighted by molar-refractivity contribution is -0.136. The van der Waals surface area contributed by atoms with Crippen molar-refractivity contribution in [1.82, 2.24) is 0 Å². The Bertz CT molecular complexity index is 449. The van der Waals surface area contributed by atoms with Crippen LogP contribution < -0.4 is 0 Å². The van der Waals surface area contributed by atoms with E-state index in [4.69, 9.17) is 10.4 Å². The van der Waals surface area contributed by atoms with Crippen LogP contribution in [0.15, 0.2) is 12.1 Å². The van der Waals surface area contributed by atoms with Crippen LogP contribution >= 0.6 is 15.9 Å². The Labute approximate surface area is 103 Å². The normalized spacial score (nSPS) is 9.81. The number of halogens is 1. The van der Waals surface area contributed by atoms with Crippen LogP contribution in [0.2, 0.25) is 0 Å². The highest BCUT2D eigenvalue weighted by molar-refractivity contribution is 9.08. The Morgan fingerprint density at radius 1 is 1.50 bits per heavy atom. The molecule has 0 unspecified atom stereocenters. The minimum Gasteiger partial charge on any atom is -0.481 e. The number of benzene rings is 1. The molecule has 4 heteroatoms. The van der Waals surface area contributed by atoms with Gasteiger partial charge >= 0.3 is 5.97 Å². The van der Waals surface area contributed by atoms with Gasteiger partial charge in [0, 0.05) is 5.33 Å². The van der Waals surface area contributed by atoms with Crippen LogP contribution in [0.25, 0.3) is 0 Å². The van der Waals surface area contributed by atoms with Crippen molar-refractivity contribution in [2.24, 2.45) is 0 Å². The van der Waals surface area contributed by atoms with Crippen molar-refractivity contribution < 1.29 is 9.90 Å². The molecular weight excluding hydrogens is 270 g/mol. The van der Waals surface area contributed by atoms with E-state index in [1.807, 2.05) is 6.92 Å². The monoisotopic (exact) mass is 281 g/mol. The Morgan fingerprint density at radius 3 is 2.62 bits per heavy atom. The van der Waals surface area contributed by atoms with Gasteiger partial charge in [-0.25, -0.2) is 0 Å². The number of carboxylic acid groups (broad SMARTS) is 1. The van der Waals surface area contributed by atoms with Crippen LogP contribution in [-0.2, 0) is 23.0 Å². The zero-order valence-electron chi connectivity index (χ0n) is 8.96. The standard InChI is InChI=1S/C12H12BrNO2/c1-2-10-8(5-12(15)16)3-4-9(7-14)11(10)6-13/h3-4H,2,5-6H2,1H3,(H,15,16). The molecule has 3 nitrogen and oxygen atoms in total. The van der Waals surface area contributed by atoms with Gasteiger partial charge in [0.05, 0.1) is 18.1 Å². The van der Waals surface area contributed by atoms with Gasteiger partial charge < -0.3 is 5.11 Å². The molecule has 0 bridgehead atoms. The molecule has 1 aromatic rings. The molecule has 1 N–H and O–H groups in total. The van der Waals surface area contributed by atoms with E-state index in [9.17, 15) is 4.79 Å². The molecule has 0 saturated heterocycles. The molecule has 0 aliphatic rings. The van der Waals surface area contributed by atoms with Gasteiger partial charge in [-0.1, -0.05) is 28.9 Å². The highest BCUT2D eigenvalue weighted by Crippen LogP contribution is 2.23. The van der Waals surface area contributed by atoms with Crippen LogP contribution in [0.4, 0.5) is 0 Å². The molecule has 0 fully saturated rings. The summed E-state index contributed by atoms with van der Waals surface area (Å²) in [7, 11) is 0. The zero-order chi connectivity index (χ0) is 12.1. The quantitative estimate of drug-likeness (QED) is 0.863. The third-order valence-corrected chi connectivity index (χ3v) is 3.04. The molecule has 0 saturated carbocycles. The first-order valence-corrected chi connectivity index (χ1v) is 6.07. The fourth-order valence-electron chi connectivity index (χ4n) is 1.77. The van der Waals surface area contributed by atoms with Crippen molar-refractivity contribution in [2.75, 3.05) is 0 Å². The van der Waals surface area contributed by atoms with Gasteiger partial charge in [-0.05, 0) is 29.2 Å². The van der Waals surface area contributed by atoms with Crippen LogP contribution in [0, 0.1) is 11.3 Å². The number of carboxylic acids is 1. The molecule has 0 atom stereocenters. The predicted molar refractivity (Wildman–Crippen MR) is 64.5 cm³/mol. The maximum absolute atomic E-state index is 10.7. The summed E-state index contributed by atoms with van der Waals surface area (Å²) in [5.41, 5.74) is 3.29. The summed E-state index contributed by atoms with van der Waals surface area (Å²) in [6, 6.07) is 5.55. The van der Waals surface area contributed by atoms with E-state index in [1.165, 1.54) is 0 Å². The first-order valence-electron chi connectivity index (χ1n) is 4.95. The van der Waals surface area contributed by atoms with E-state index in [0.717, 1.165) is 23.1 Å². The third-order valence-electron chi connectivity index (χ3n) is 2.48. The van der Waals surface area contributed by atoms with Gasteiger partial charge in [-0.3, -0.25) is 4.79 Å². The first kappa shape index (κ1) is 12.7. The SMILES string of the molecule is CCc1c(CC(=O)O)ccc(C#N)c1CBr. The van der Waals surface area contributed by atoms with Gasteiger partial charge in [0.25, 0.3) is 0 Å². The molecule has 0 radical (unpaired) electrons. The summed E-state index contributed by atoms with van der Waals surface area (Å²) in [6.07, 6.45) is 0.744. The lowest BCUT2D eigenvalue weighted by Gasteiger charge is -2.12. The average molecular weight is 282 g/mol.